The van der Waals surface area contributed by atoms with E-state index in [0.29, 0.717) is 25.3 Å². The molecule has 0 saturated heterocycles. The van der Waals surface area contributed by atoms with Crippen molar-refractivity contribution >= 4 is 18.0 Å². The topological polar surface area (TPSA) is 66.8 Å². The third kappa shape index (κ3) is 5.00. The predicted octanol–water partition coefficient (Wildman–Crippen LogP) is 2.03. The SMILES string of the molecule is CCN(CCOC)C(=O)c1ccc(C=CC(=O)O)cc1F. The summed E-state index contributed by atoms with van der Waals surface area (Å²) < 4.78 is 18.9. The summed E-state index contributed by atoms with van der Waals surface area (Å²) in [6.45, 7) is 3.00. The molecule has 0 aliphatic rings. The summed E-state index contributed by atoms with van der Waals surface area (Å²) in [5.74, 6) is -2.21. The van der Waals surface area contributed by atoms with Gasteiger partial charge in [-0.25, -0.2) is 9.18 Å². The summed E-state index contributed by atoms with van der Waals surface area (Å²) in [6, 6.07) is 3.99. The van der Waals surface area contributed by atoms with E-state index >= 15 is 0 Å². The fourth-order valence-electron chi connectivity index (χ4n) is 1.75. The molecule has 0 aromatic heterocycles. The van der Waals surface area contributed by atoms with E-state index in [1.807, 2.05) is 0 Å². The van der Waals surface area contributed by atoms with Crippen LogP contribution < -0.4 is 0 Å². The minimum Gasteiger partial charge on any atom is -0.478 e. The molecule has 114 valence electrons. The van der Waals surface area contributed by atoms with Crippen LogP contribution in [-0.2, 0) is 9.53 Å². The van der Waals surface area contributed by atoms with Crippen molar-refractivity contribution in [3.8, 4) is 0 Å². The number of hydrogen-bond donors (Lipinski definition) is 1. The summed E-state index contributed by atoms with van der Waals surface area (Å²) in [5, 5.41) is 8.52. The Morgan fingerprint density at radius 1 is 1.43 bits per heavy atom. The number of nitrogens with zero attached hydrogens (tertiary/aromatic N) is 1. The summed E-state index contributed by atoms with van der Waals surface area (Å²) in [6.07, 6.45) is 2.18. The quantitative estimate of drug-likeness (QED) is 0.782. The fraction of sp³-hybridized carbons (Fsp3) is 0.333. The van der Waals surface area contributed by atoms with Gasteiger partial charge in [0.25, 0.3) is 5.91 Å². The highest BCUT2D eigenvalue weighted by Gasteiger charge is 2.17. The highest BCUT2D eigenvalue weighted by Crippen LogP contribution is 2.14. The third-order valence-electron chi connectivity index (χ3n) is 2.88. The molecule has 0 heterocycles. The van der Waals surface area contributed by atoms with Crippen LogP contribution >= 0.6 is 0 Å². The largest absolute Gasteiger partial charge is 0.478 e. The Labute approximate surface area is 122 Å². The molecule has 0 unspecified atom stereocenters. The fourth-order valence-corrected chi connectivity index (χ4v) is 1.75. The monoisotopic (exact) mass is 295 g/mol. The summed E-state index contributed by atoms with van der Waals surface area (Å²) in [4.78, 5) is 24.1. The summed E-state index contributed by atoms with van der Waals surface area (Å²) in [5.41, 5.74) is 0.340. The van der Waals surface area contributed by atoms with Crippen molar-refractivity contribution in [3.05, 3.63) is 41.2 Å². The van der Waals surface area contributed by atoms with Crippen LogP contribution in [0, 0.1) is 5.82 Å². The molecule has 6 heteroatoms. The van der Waals surface area contributed by atoms with Crippen LogP contribution in [0.2, 0.25) is 0 Å². The van der Waals surface area contributed by atoms with E-state index in [-0.39, 0.29) is 5.56 Å². The Kier molecular flexibility index (Phi) is 6.55. The van der Waals surface area contributed by atoms with Crippen LogP contribution in [0.4, 0.5) is 4.39 Å². The number of carbonyl (C=O) groups is 2. The van der Waals surface area contributed by atoms with E-state index in [4.69, 9.17) is 9.84 Å². The number of carboxylic acid groups (broad SMARTS) is 1. The number of carbonyl (C=O) groups excluding carboxylic acids is 1. The molecule has 0 bridgehead atoms. The second kappa shape index (κ2) is 8.16. The number of aliphatic carboxylic acids is 1. The van der Waals surface area contributed by atoms with Gasteiger partial charge in [-0.15, -0.1) is 0 Å². The minimum absolute atomic E-state index is 0.0413. The first-order chi connectivity index (χ1) is 9.99. The summed E-state index contributed by atoms with van der Waals surface area (Å²) in [7, 11) is 1.53. The molecule has 1 N–H and O–H groups in total. The zero-order valence-electron chi connectivity index (χ0n) is 12.0. The molecular formula is C15H18FNO4. The van der Waals surface area contributed by atoms with Crippen LogP contribution in [0.25, 0.3) is 6.08 Å². The number of hydrogen-bond acceptors (Lipinski definition) is 3. The van der Waals surface area contributed by atoms with Gasteiger partial charge in [0.15, 0.2) is 0 Å². The van der Waals surface area contributed by atoms with Crippen molar-refractivity contribution in [2.45, 2.75) is 6.92 Å². The molecule has 0 atom stereocenters. The molecule has 0 aliphatic heterocycles. The number of amides is 1. The Hall–Kier alpha value is -2.21. The van der Waals surface area contributed by atoms with E-state index in [9.17, 15) is 14.0 Å². The molecule has 0 saturated carbocycles. The summed E-state index contributed by atoms with van der Waals surface area (Å²) >= 11 is 0. The lowest BCUT2D eigenvalue weighted by Crippen LogP contribution is -2.34. The molecule has 1 aromatic carbocycles. The van der Waals surface area contributed by atoms with Crippen molar-refractivity contribution in [2.24, 2.45) is 0 Å². The van der Waals surface area contributed by atoms with E-state index in [1.54, 1.807) is 6.92 Å². The van der Waals surface area contributed by atoms with Crippen LogP contribution in [0.5, 0.6) is 0 Å². The molecule has 0 aliphatic carbocycles. The van der Waals surface area contributed by atoms with Gasteiger partial charge in [0.05, 0.1) is 12.2 Å². The second-order valence-corrected chi connectivity index (χ2v) is 4.29. The van der Waals surface area contributed by atoms with Gasteiger partial charge >= 0.3 is 5.97 Å². The van der Waals surface area contributed by atoms with E-state index in [0.717, 1.165) is 12.1 Å². The molecule has 1 rings (SSSR count). The van der Waals surface area contributed by atoms with Gasteiger partial charge in [-0.1, -0.05) is 6.07 Å². The van der Waals surface area contributed by atoms with Gasteiger partial charge in [-0.2, -0.15) is 0 Å². The highest BCUT2D eigenvalue weighted by molar-refractivity contribution is 5.95. The Morgan fingerprint density at radius 3 is 2.67 bits per heavy atom. The van der Waals surface area contributed by atoms with Crippen LogP contribution in [-0.4, -0.2) is 48.7 Å². The zero-order valence-corrected chi connectivity index (χ0v) is 12.0. The molecule has 21 heavy (non-hydrogen) atoms. The number of halogens is 1. The number of methoxy groups -OCH3 is 1. The third-order valence-corrected chi connectivity index (χ3v) is 2.88. The zero-order chi connectivity index (χ0) is 15.8. The van der Waals surface area contributed by atoms with Gasteiger partial charge in [0, 0.05) is 26.3 Å². The maximum atomic E-state index is 14.0. The number of ether oxygens (including phenoxy) is 1. The lowest BCUT2D eigenvalue weighted by Gasteiger charge is -2.20. The number of benzene rings is 1. The lowest BCUT2D eigenvalue weighted by atomic mass is 10.1. The van der Waals surface area contributed by atoms with Gasteiger partial charge in [0.1, 0.15) is 5.82 Å². The first kappa shape index (κ1) is 16.8. The van der Waals surface area contributed by atoms with Crippen molar-refractivity contribution in [1.82, 2.24) is 4.90 Å². The van der Waals surface area contributed by atoms with Crippen molar-refractivity contribution in [2.75, 3.05) is 26.8 Å². The highest BCUT2D eigenvalue weighted by atomic mass is 19.1. The van der Waals surface area contributed by atoms with E-state index in [1.165, 1.54) is 30.2 Å². The molecule has 0 fully saturated rings. The normalized spacial score (nSPS) is 10.8. The van der Waals surface area contributed by atoms with E-state index < -0.39 is 17.7 Å². The lowest BCUT2D eigenvalue weighted by molar-refractivity contribution is -0.131. The van der Waals surface area contributed by atoms with E-state index in [2.05, 4.69) is 0 Å². The number of rotatable bonds is 7. The van der Waals surface area contributed by atoms with Crippen molar-refractivity contribution in [3.63, 3.8) is 0 Å². The van der Waals surface area contributed by atoms with Crippen LogP contribution in [0.15, 0.2) is 24.3 Å². The van der Waals surface area contributed by atoms with Crippen molar-refractivity contribution < 1.29 is 23.8 Å². The molecule has 0 radical (unpaired) electrons. The van der Waals surface area contributed by atoms with Crippen LogP contribution in [0.1, 0.15) is 22.8 Å². The Morgan fingerprint density at radius 2 is 2.14 bits per heavy atom. The predicted molar refractivity (Wildman–Crippen MR) is 76.5 cm³/mol. The average Bonchev–Trinajstić information content (AvgIpc) is 2.45. The maximum absolute atomic E-state index is 14.0. The van der Waals surface area contributed by atoms with Crippen LogP contribution in [0.3, 0.4) is 0 Å². The second-order valence-electron chi connectivity index (χ2n) is 4.29. The van der Waals surface area contributed by atoms with Gasteiger partial charge in [-0.3, -0.25) is 4.79 Å². The molecule has 1 amide bonds. The average molecular weight is 295 g/mol. The standard InChI is InChI=1S/C15H18FNO4/c1-3-17(8-9-21-2)15(20)12-6-4-11(10-13(12)16)5-7-14(18)19/h4-7,10H,3,8-9H2,1-2H3,(H,18,19). The van der Waals surface area contributed by atoms with Crippen molar-refractivity contribution in [1.29, 1.82) is 0 Å². The minimum atomic E-state index is -1.12. The maximum Gasteiger partial charge on any atom is 0.328 e. The molecule has 5 nitrogen and oxygen atoms in total. The smallest absolute Gasteiger partial charge is 0.328 e. The first-order valence-corrected chi connectivity index (χ1v) is 6.48. The molecular weight excluding hydrogens is 277 g/mol. The number of likely N-dealkylation sites (N-methyl/N-ethyl adjacent to an activating group) is 1. The van der Waals surface area contributed by atoms with Gasteiger partial charge < -0.3 is 14.7 Å². The molecule has 1 aromatic rings. The molecule has 0 spiro atoms. The Balaban J connectivity index is 2.92. The van der Waals surface area contributed by atoms with Gasteiger partial charge in [-0.05, 0) is 30.7 Å². The number of carboxylic acids is 1. The first-order valence-electron chi connectivity index (χ1n) is 6.48. The Bertz CT molecular complexity index is 542. The van der Waals surface area contributed by atoms with Gasteiger partial charge in [0.2, 0.25) is 0 Å².